The van der Waals surface area contributed by atoms with Crippen molar-refractivity contribution in [2.75, 3.05) is 51.4 Å². The van der Waals surface area contributed by atoms with Crippen LogP contribution in [0, 0.1) is 0 Å². The van der Waals surface area contributed by atoms with Crippen LogP contribution in [0.5, 0.6) is 0 Å². The van der Waals surface area contributed by atoms with Crippen molar-refractivity contribution in [2.24, 2.45) is 4.99 Å². The summed E-state index contributed by atoms with van der Waals surface area (Å²) in [6.07, 6.45) is 5.14. The zero-order valence-corrected chi connectivity index (χ0v) is 19.5. The predicted molar refractivity (Wildman–Crippen MR) is 126 cm³/mol. The molecule has 1 aromatic rings. The van der Waals surface area contributed by atoms with Gasteiger partial charge in [0.15, 0.2) is 5.96 Å². The van der Waals surface area contributed by atoms with Gasteiger partial charge in [-0.15, -0.1) is 24.0 Å². The Balaban J connectivity index is 0.00000280. The van der Waals surface area contributed by atoms with E-state index in [1.807, 2.05) is 0 Å². The SMILES string of the molecule is CN=C(NCCOCC1CCCO1)NC(C)c1cccc(N2CCCC2)c1.I. The Morgan fingerprint density at radius 1 is 1.32 bits per heavy atom. The van der Waals surface area contributed by atoms with E-state index < -0.39 is 0 Å². The quantitative estimate of drug-likeness (QED) is 0.247. The summed E-state index contributed by atoms with van der Waals surface area (Å²) in [4.78, 5) is 6.80. The number of nitrogens with zero attached hydrogens (tertiary/aromatic N) is 2. The molecule has 0 spiro atoms. The highest BCUT2D eigenvalue weighted by atomic mass is 127. The third-order valence-electron chi connectivity index (χ3n) is 5.28. The van der Waals surface area contributed by atoms with Crippen molar-refractivity contribution in [3.05, 3.63) is 29.8 Å². The molecule has 0 radical (unpaired) electrons. The largest absolute Gasteiger partial charge is 0.377 e. The third kappa shape index (κ3) is 7.08. The summed E-state index contributed by atoms with van der Waals surface area (Å²) in [5.74, 6) is 0.801. The van der Waals surface area contributed by atoms with Gasteiger partial charge in [-0.3, -0.25) is 4.99 Å². The van der Waals surface area contributed by atoms with Crippen molar-refractivity contribution in [2.45, 2.75) is 44.8 Å². The number of hydrogen-bond donors (Lipinski definition) is 2. The van der Waals surface area contributed by atoms with Crippen LogP contribution in [0.4, 0.5) is 5.69 Å². The fraction of sp³-hybridized carbons (Fsp3) is 0.667. The lowest BCUT2D eigenvalue weighted by Gasteiger charge is -2.22. The molecule has 0 bridgehead atoms. The molecule has 0 saturated carbocycles. The predicted octanol–water partition coefficient (Wildman–Crippen LogP) is 3.33. The van der Waals surface area contributed by atoms with Gasteiger partial charge >= 0.3 is 0 Å². The lowest BCUT2D eigenvalue weighted by molar-refractivity contribution is 0.0191. The average molecular weight is 502 g/mol. The van der Waals surface area contributed by atoms with Crippen LogP contribution < -0.4 is 15.5 Å². The van der Waals surface area contributed by atoms with Crippen LogP contribution in [0.25, 0.3) is 0 Å². The number of nitrogens with one attached hydrogen (secondary N) is 2. The van der Waals surface area contributed by atoms with Crippen LogP contribution in [0.3, 0.4) is 0 Å². The molecule has 1 aromatic carbocycles. The Bertz CT molecular complexity index is 602. The van der Waals surface area contributed by atoms with Gasteiger partial charge in [-0.2, -0.15) is 0 Å². The summed E-state index contributed by atoms with van der Waals surface area (Å²) in [6.45, 7) is 7.45. The second-order valence-corrected chi connectivity index (χ2v) is 7.36. The number of rotatable bonds is 8. The highest BCUT2D eigenvalue weighted by molar-refractivity contribution is 14.0. The zero-order valence-electron chi connectivity index (χ0n) is 17.2. The van der Waals surface area contributed by atoms with E-state index in [-0.39, 0.29) is 36.1 Å². The first kappa shape index (κ1) is 23.2. The van der Waals surface area contributed by atoms with E-state index in [0.717, 1.165) is 32.0 Å². The van der Waals surface area contributed by atoms with Crippen molar-refractivity contribution in [1.82, 2.24) is 10.6 Å². The molecule has 0 amide bonds. The smallest absolute Gasteiger partial charge is 0.191 e. The number of guanidine groups is 1. The van der Waals surface area contributed by atoms with Crippen molar-refractivity contribution in [1.29, 1.82) is 0 Å². The number of ether oxygens (including phenoxy) is 2. The first-order valence-electron chi connectivity index (χ1n) is 10.3. The Kier molecular flexibility index (Phi) is 10.4. The van der Waals surface area contributed by atoms with Gasteiger partial charge in [0.2, 0.25) is 0 Å². The summed E-state index contributed by atoms with van der Waals surface area (Å²) < 4.78 is 11.3. The summed E-state index contributed by atoms with van der Waals surface area (Å²) >= 11 is 0. The maximum Gasteiger partial charge on any atom is 0.191 e. The fourth-order valence-corrected chi connectivity index (χ4v) is 3.68. The van der Waals surface area contributed by atoms with Gasteiger partial charge in [0.25, 0.3) is 0 Å². The third-order valence-corrected chi connectivity index (χ3v) is 5.28. The molecule has 2 fully saturated rings. The Hall–Kier alpha value is -1.06. The molecule has 28 heavy (non-hydrogen) atoms. The van der Waals surface area contributed by atoms with E-state index in [4.69, 9.17) is 9.47 Å². The number of hydrogen-bond acceptors (Lipinski definition) is 4. The van der Waals surface area contributed by atoms with Crippen molar-refractivity contribution in [3.63, 3.8) is 0 Å². The molecule has 3 rings (SSSR count). The van der Waals surface area contributed by atoms with Crippen molar-refractivity contribution >= 4 is 35.6 Å². The van der Waals surface area contributed by atoms with E-state index in [2.05, 4.69) is 51.7 Å². The maximum atomic E-state index is 5.70. The second-order valence-electron chi connectivity index (χ2n) is 7.36. The minimum atomic E-state index is 0. The zero-order chi connectivity index (χ0) is 18.9. The fourth-order valence-electron chi connectivity index (χ4n) is 3.68. The monoisotopic (exact) mass is 502 g/mol. The van der Waals surface area contributed by atoms with Crippen molar-refractivity contribution in [3.8, 4) is 0 Å². The molecule has 2 saturated heterocycles. The molecule has 2 N–H and O–H groups in total. The van der Waals surface area contributed by atoms with Crippen LogP contribution >= 0.6 is 24.0 Å². The average Bonchev–Trinajstić information content (AvgIpc) is 3.41. The maximum absolute atomic E-state index is 5.70. The first-order chi connectivity index (χ1) is 13.3. The molecule has 2 atom stereocenters. The van der Waals surface area contributed by atoms with Crippen LogP contribution in [0.1, 0.15) is 44.2 Å². The van der Waals surface area contributed by atoms with E-state index in [9.17, 15) is 0 Å². The number of halogens is 1. The summed E-state index contributed by atoms with van der Waals surface area (Å²) in [5, 5.41) is 6.80. The van der Waals surface area contributed by atoms with Gasteiger partial charge in [-0.25, -0.2) is 0 Å². The number of benzene rings is 1. The van der Waals surface area contributed by atoms with Gasteiger partial charge in [0, 0.05) is 39.0 Å². The molecule has 7 heteroatoms. The molecule has 158 valence electrons. The summed E-state index contributed by atoms with van der Waals surface area (Å²) in [7, 11) is 1.80. The topological polar surface area (TPSA) is 58.1 Å². The second kappa shape index (κ2) is 12.5. The van der Waals surface area contributed by atoms with Gasteiger partial charge < -0.3 is 25.0 Å². The normalized spacial score (nSPS) is 20.7. The van der Waals surface area contributed by atoms with Gasteiger partial charge in [0.1, 0.15) is 0 Å². The molecule has 2 unspecified atom stereocenters. The lowest BCUT2D eigenvalue weighted by atomic mass is 10.1. The highest BCUT2D eigenvalue weighted by Crippen LogP contribution is 2.23. The van der Waals surface area contributed by atoms with Crippen LogP contribution in [0.15, 0.2) is 29.3 Å². The molecule has 2 aliphatic rings. The van der Waals surface area contributed by atoms with Gasteiger partial charge in [-0.05, 0) is 50.3 Å². The Morgan fingerprint density at radius 2 is 2.14 bits per heavy atom. The molecular weight excluding hydrogens is 467 g/mol. The summed E-state index contributed by atoms with van der Waals surface area (Å²) in [6, 6.07) is 9.01. The standard InChI is InChI=1S/C21H34N4O2.HI/c1-17(18-7-5-8-19(15-18)25-11-3-4-12-25)24-21(22-2)23-10-14-26-16-20-9-6-13-27-20;/h5,7-8,15,17,20H,3-4,6,9-14,16H2,1-2H3,(H2,22,23,24);1H. The summed E-state index contributed by atoms with van der Waals surface area (Å²) in [5.41, 5.74) is 2.60. The van der Waals surface area contributed by atoms with Crippen LogP contribution in [-0.4, -0.2) is 58.6 Å². The van der Waals surface area contributed by atoms with E-state index in [0.29, 0.717) is 13.2 Å². The molecule has 2 heterocycles. The van der Waals surface area contributed by atoms with E-state index in [1.54, 1.807) is 7.05 Å². The highest BCUT2D eigenvalue weighted by Gasteiger charge is 2.16. The van der Waals surface area contributed by atoms with E-state index in [1.165, 1.54) is 37.2 Å². The van der Waals surface area contributed by atoms with Gasteiger partial charge in [-0.1, -0.05) is 12.1 Å². The molecule has 6 nitrogen and oxygen atoms in total. The molecule has 0 aromatic heterocycles. The Labute approximate surface area is 186 Å². The molecule has 0 aliphatic carbocycles. The van der Waals surface area contributed by atoms with Crippen LogP contribution in [0.2, 0.25) is 0 Å². The van der Waals surface area contributed by atoms with Crippen LogP contribution in [-0.2, 0) is 9.47 Å². The lowest BCUT2D eigenvalue weighted by Crippen LogP contribution is -2.40. The molecular formula is C21H35IN4O2. The minimum absolute atomic E-state index is 0. The van der Waals surface area contributed by atoms with Crippen molar-refractivity contribution < 1.29 is 9.47 Å². The Morgan fingerprint density at radius 3 is 2.86 bits per heavy atom. The number of anilines is 1. The molecule has 2 aliphatic heterocycles. The van der Waals surface area contributed by atoms with Gasteiger partial charge in [0.05, 0.1) is 25.4 Å². The number of aliphatic imine (C=N–C) groups is 1. The minimum Gasteiger partial charge on any atom is -0.377 e. The van der Waals surface area contributed by atoms with E-state index >= 15 is 0 Å². The first-order valence-corrected chi connectivity index (χ1v) is 10.3.